The van der Waals surface area contributed by atoms with Crippen molar-refractivity contribution in [1.29, 1.82) is 0 Å². The van der Waals surface area contributed by atoms with E-state index >= 15 is 0 Å². The number of aromatic nitrogens is 1. The third-order valence-corrected chi connectivity index (χ3v) is 4.48. The molecular weight excluding hydrogens is 358 g/mol. The zero-order chi connectivity index (χ0) is 20.5. The van der Waals surface area contributed by atoms with E-state index in [1.165, 1.54) is 0 Å². The standard InChI is InChI=1S/C25H27N3O/c1-19(2)14-16-27-25(29)22-6-3-7-24(17-22)28-23-12-10-20(11-13-23)8-9-21-5-4-15-26-18-21/h3-13,15,17-19,28H,14,16H2,1-2H3,(H,27,29)/b9-8+. The summed E-state index contributed by atoms with van der Waals surface area (Å²) in [6, 6.07) is 19.7. The van der Waals surface area contributed by atoms with Crippen LogP contribution in [0.15, 0.2) is 73.1 Å². The maximum atomic E-state index is 12.3. The van der Waals surface area contributed by atoms with E-state index in [0.717, 1.165) is 28.9 Å². The van der Waals surface area contributed by atoms with Gasteiger partial charge in [0.25, 0.3) is 5.91 Å². The number of amides is 1. The highest BCUT2D eigenvalue weighted by atomic mass is 16.1. The molecule has 4 nitrogen and oxygen atoms in total. The van der Waals surface area contributed by atoms with Gasteiger partial charge in [0.15, 0.2) is 0 Å². The lowest BCUT2D eigenvalue weighted by Gasteiger charge is -2.10. The van der Waals surface area contributed by atoms with Crippen molar-refractivity contribution in [1.82, 2.24) is 10.3 Å². The average molecular weight is 386 g/mol. The van der Waals surface area contributed by atoms with Gasteiger partial charge in [-0.1, -0.05) is 50.3 Å². The van der Waals surface area contributed by atoms with Crippen molar-refractivity contribution in [2.24, 2.45) is 5.92 Å². The van der Waals surface area contributed by atoms with Crippen LogP contribution in [0.5, 0.6) is 0 Å². The van der Waals surface area contributed by atoms with Crippen LogP contribution in [0.3, 0.4) is 0 Å². The molecule has 0 atom stereocenters. The lowest BCUT2D eigenvalue weighted by Crippen LogP contribution is -2.25. The molecule has 3 rings (SSSR count). The average Bonchev–Trinajstić information content (AvgIpc) is 2.74. The van der Waals surface area contributed by atoms with E-state index in [1.807, 2.05) is 60.8 Å². The van der Waals surface area contributed by atoms with E-state index in [0.29, 0.717) is 18.0 Å². The molecule has 4 heteroatoms. The molecule has 0 aliphatic rings. The Bertz CT molecular complexity index is 947. The van der Waals surface area contributed by atoms with Crippen LogP contribution in [0.1, 0.15) is 41.8 Å². The monoisotopic (exact) mass is 385 g/mol. The molecular formula is C25H27N3O. The van der Waals surface area contributed by atoms with Crippen LogP contribution in [-0.4, -0.2) is 17.4 Å². The van der Waals surface area contributed by atoms with Gasteiger partial charge in [0, 0.05) is 35.9 Å². The Balaban J connectivity index is 1.60. The molecule has 0 aliphatic carbocycles. The van der Waals surface area contributed by atoms with Crippen molar-refractivity contribution in [3.05, 3.63) is 89.7 Å². The smallest absolute Gasteiger partial charge is 0.251 e. The van der Waals surface area contributed by atoms with E-state index in [1.54, 1.807) is 6.20 Å². The Morgan fingerprint density at radius 3 is 2.48 bits per heavy atom. The summed E-state index contributed by atoms with van der Waals surface area (Å²) >= 11 is 0. The van der Waals surface area contributed by atoms with E-state index in [4.69, 9.17) is 0 Å². The van der Waals surface area contributed by atoms with Crippen LogP contribution >= 0.6 is 0 Å². The number of carbonyl (C=O) groups excluding carboxylic acids is 1. The Labute approximate surface area is 172 Å². The molecule has 2 N–H and O–H groups in total. The molecule has 0 radical (unpaired) electrons. The summed E-state index contributed by atoms with van der Waals surface area (Å²) in [5.41, 5.74) is 4.70. The molecule has 0 unspecified atom stereocenters. The molecule has 1 aromatic heterocycles. The van der Waals surface area contributed by atoms with Gasteiger partial charge in [0.1, 0.15) is 0 Å². The quantitative estimate of drug-likeness (QED) is 0.517. The molecule has 0 aliphatic heterocycles. The summed E-state index contributed by atoms with van der Waals surface area (Å²) in [7, 11) is 0. The van der Waals surface area contributed by atoms with Crippen molar-refractivity contribution in [3.63, 3.8) is 0 Å². The molecule has 0 bridgehead atoms. The highest BCUT2D eigenvalue weighted by Gasteiger charge is 2.06. The van der Waals surface area contributed by atoms with Gasteiger partial charge in [0.05, 0.1) is 0 Å². The third kappa shape index (κ3) is 6.61. The van der Waals surface area contributed by atoms with Crippen molar-refractivity contribution in [2.75, 3.05) is 11.9 Å². The lowest BCUT2D eigenvalue weighted by atomic mass is 10.1. The zero-order valence-corrected chi connectivity index (χ0v) is 16.9. The number of hydrogen-bond donors (Lipinski definition) is 2. The van der Waals surface area contributed by atoms with Crippen LogP contribution < -0.4 is 10.6 Å². The molecule has 0 spiro atoms. The normalized spacial score (nSPS) is 11.0. The summed E-state index contributed by atoms with van der Waals surface area (Å²) in [5, 5.41) is 6.34. The second kappa shape index (κ2) is 10.2. The molecule has 29 heavy (non-hydrogen) atoms. The minimum Gasteiger partial charge on any atom is -0.356 e. The lowest BCUT2D eigenvalue weighted by molar-refractivity contribution is 0.0952. The molecule has 1 heterocycles. The first-order chi connectivity index (χ1) is 14.1. The first-order valence-electron chi connectivity index (χ1n) is 9.93. The maximum absolute atomic E-state index is 12.3. The minimum absolute atomic E-state index is 0.0369. The Morgan fingerprint density at radius 2 is 1.76 bits per heavy atom. The molecule has 3 aromatic rings. The molecule has 1 amide bonds. The van der Waals surface area contributed by atoms with Gasteiger partial charge in [-0.15, -0.1) is 0 Å². The molecule has 148 valence electrons. The Morgan fingerprint density at radius 1 is 0.966 bits per heavy atom. The number of hydrogen-bond acceptors (Lipinski definition) is 3. The van der Waals surface area contributed by atoms with Gasteiger partial charge in [0.2, 0.25) is 0 Å². The van der Waals surface area contributed by atoms with Gasteiger partial charge in [-0.05, 0) is 59.9 Å². The number of benzene rings is 2. The van der Waals surface area contributed by atoms with Crippen LogP contribution in [0.25, 0.3) is 12.2 Å². The van der Waals surface area contributed by atoms with Crippen LogP contribution in [0.2, 0.25) is 0 Å². The summed E-state index contributed by atoms with van der Waals surface area (Å²) in [4.78, 5) is 16.4. The van der Waals surface area contributed by atoms with Gasteiger partial charge in [-0.2, -0.15) is 0 Å². The largest absolute Gasteiger partial charge is 0.356 e. The fourth-order valence-electron chi connectivity index (χ4n) is 2.83. The first kappa shape index (κ1) is 20.3. The van der Waals surface area contributed by atoms with Crippen molar-refractivity contribution in [2.45, 2.75) is 20.3 Å². The van der Waals surface area contributed by atoms with Crippen molar-refractivity contribution < 1.29 is 4.79 Å². The number of nitrogens with one attached hydrogen (secondary N) is 2. The predicted octanol–water partition coefficient (Wildman–Crippen LogP) is 5.77. The molecule has 0 saturated carbocycles. The SMILES string of the molecule is CC(C)CCNC(=O)c1cccc(Nc2ccc(/C=C/c3cccnc3)cc2)c1. The van der Waals surface area contributed by atoms with E-state index in [-0.39, 0.29) is 5.91 Å². The highest BCUT2D eigenvalue weighted by molar-refractivity contribution is 5.95. The molecule has 0 fully saturated rings. The van der Waals surface area contributed by atoms with E-state index < -0.39 is 0 Å². The number of nitrogens with zero attached hydrogens (tertiary/aromatic N) is 1. The fraction of sp³-hybridized carbons (Fsp3) is 0.200. The van der Waals surface area contributed by atoms with Gasteiger partial charge < -0.3 is 10.6 Å². The predicted molar refractivity (Wildman–Crippen MR) is 121 cm³/mol. The van der Waals surface area contributed by atoms with Crippen LogP contribution in [0.4, 0.5) is 11.4 Å². The summed E-state index contributed by atoms with van der Waals surface area (Å²) in [5.74, 6) is 0.538. The number of pyridine rings is 1. The highest BCUT2D eigenvalue weighted by Crippen LogP contribution is 2.19. The van der Waals surface area contributed by atoms with Crippen molar-refractivity contribution in [3.8, 4) is 0 Å². The Kier molecular flexibility index (Phi) is 7.17. The van der Waals surface area contributed by atoms with Crippen LogP contribution in [0, 0.1) is 5.92 Å². The van der Waals surface area contributed by atoms with Crippen LogP contribution in [-0.2, 0) is 0 Å². The van der Waals surface area contributed by atoms with Gasteiger partial charge in [-0.3, -0.25) is 9.78 Å². The topological polar surface area (TPSA) is 54.0 Å². The van der Waals surface area contributed by atoms with E-state index in [9.17, 15) is 4.79 Å². The second-order valence-corrected chi connectivity index (χ2v) is 7.39. The summed E-state index contributed by atoms with van der Waals surface area (Å²) < 4.78 is 0. The van der Waals surface area contributed by atoms with Gasteiger partial charge >= 0.3 is 0 Å². The number of rotatable bonds is 8. The first-order valence-corrected chi connectivity index (χ1v) is 9.93. The minimum atomic E-state index is -0.0369. The summed E-state index contributed by atoms with van der Waals surface area (Å²) in [6.07, 6.45) is 8.67. The maximum Gasteiger partial charge on any atom is 0.251 e. The molecule has 2 aromatic carbocycles. The van der Waals surface area contributed by atoms with Crippen molar-refractivity contribution >= 4 is 29.4 Å². The number of anilines is 2. The second-order valence-electron chi connectivity index (χ2n) is 7.39. The Hall–Kier alpha value is -3.40. The summed E-state index contributed by atoms with van der Waals surface area (Å²) in [6.45, 7) is 5.00. The zero-order valence-electron chi connectivity index (χ0n) is 16.9. The van der Waals surface area contributed by atoms with Gasteiger partial charge in [-0.25, -0.2) is 0 Å². The molecule has 0 saturated heterocycles. The number of carbonyl (C=O) groups is 1. The fourth-order valence-corrected chi connectivity index (χ4v) is 2.83. The third-order valence-electron chi connectivity index (χ3n) is 4.48. The van der Waals surface area contributed by atoms with E-state index in [2.05, 4.69) is 47.7 Å².